The van der Waals surface area contributed by atoms with Crippen molar-refractivity contribution < 1.29 is 29.0 Å². The lowest BCUT2D eigenvalue weighted by molar-refractivity contribution is -0.132. The number of anilines is 1. The number of aryl methyl sites for hydroxylation is 1. The van der Waals surface area contributed by atoms with Gasteiger partial charge in [-0.3, -0.25) is 14.5 Å². The summed E-state index contributed by atoms with van der Waals surface area (Å²) in [5.41, 5.74) is 1.25. The Balaban J connectivity index is 1.86. The van der Waals surface area contributed by atoms with Crippen molar-refractivity contribution in [2.75, 3.05) is 11.5 Å². The summed E-state index contributed by atoms with van der Waals surface area (Å²) in [5, 5.41) is 11.5. The van der Waals surface area contributed by atoms with E-state index in [1.807, 2.05) is 19.9 Å². The first-order valence-corrected chi connectivity index (χ1v) is 13.2. The Kier molecular flexibility index (Phi) is 7.79. The molecule has 2 heterocycles. The number of esters is 1. The third kappa shape index (κ3) is 5.30. The first-order chi connectivity index (χ1) is 17.6. The quantitative estimate of drug-likeness (QED) is 0.162. The van der Waals surface area contributed by atoms with E-state index < -0.39 is 23.7 Å². The van der Waals surface area contributed by atoms with E-state index in [2.05, 4.69) is 20.9 Å². The summed E-state index contributed by atoms with van der Waals surface area (Å²) >= 11 is 4.41. The molecule has 37 heavy (non-hydrogen) atoms. The molecule has 1 aliphatic heterocycles. The summed E-state index contributed by atoms with van der Waals surface area (Å²) in [6.45, 7) is 7.33. The van der Waals surface area contributed by atoms with Crippen molar-refractivity contribution in [2.24, 2.45) is 0 Å². The monoisotopic (exact) mass is 584 g/mol. The molecule has 0 bridgehead atoms. The van der Waals surface area contributed by atoms with Crippen LogP contribution in [0.15, 0.2) is 58.6 Å². The van der Waals surface area contributed by atoms with Crippen molar-refractivity contribution in [1.29, 1.82) is 0 Å². The lowest BCUT2D eigenvalue weighted by Gasteiger charge is -2.23. The molecule has 1 aliphatic rings. The van der Waals surface area contributed by atoms with E-state index in [0.717, 1.165) is 15.8 Å². The van der Waals surface area contributed by atoms with Crippen LogP contribution in [0.3, 0.4) is 0 Å². The Labute approximate surface area is 226 Å². The van der Waals surface area contributed by atoms with Crippen LogP contribution in [-0.2, 0) is 14.3 Å². The summed E-state index contributed by atoms with van der Waals surface area (Å²) in [4.78, 5) is 45.0. The maximum atomic E-state index is 13.4. The smallest absolute Gasteiger partial charge is 0.350 e. The Morgan fingerprint density at radius 3 is 2.51 bits per heavy atom. The van der Waals surface area contributed by atoms with Crippen molar-refractivity contribution in [2.45, 2.75) is 39.8 Å². The number of nitrogens with zero attached hydrogens (tertiary/aromatic N) is 2. The van der Waals surface area contributed by atoms with Gasteiger partial charge in [-0.05, 0) is 69.7 Å². The van der Waals surface area contributed by atoms with Gasteiger partial charge in [0.25, 0.3) is 5.78 Å². The molecule has 10 heteroatoms. The fourth-order valence-corrected chi connectivity index (χ4v) is 5.42. The van der Waals surface area contributed by atoms with Crippen LogP contribution in [0.2, 0.25) is 0 Å². The number of ether oxygens (including phenoxy) is 2. The van der Waals surface area contributed by atoms with Crippen LogP contribution in [0.25, 0.3) is 5.76 Å². The fraction of sp³-hybridized carbons (Fsp3) is 0.259. The van der Waals surface area contributed by atoms with Crippen LogP contribution in [0.4, 0.5) is 5.13 Å². The van der Waals surface area contributed by atoms with Crippen LogP contribution >= 0.6 is 27.3 Å². The van der Waals surface area contributed by atoms with Crippen LogP contribution < -0.4 is 9.64 Å². The second kappa shape index (κ2) is 10.9. The molecule has 1 fully saturated rings. The molecule has 192 valence electrons. The number of rotatable bonds is 7. The number of halogens is 1. The molecule has 0 saturated carbocycles. The van der Waals surface area contributed by atoms with Gasteiger partial charge in [-0.2, -0.15) is 0 Å². The number of hydrogen-bond donors (Lipinski definition) is 1. The first-order valence-electron chi connectivity index (χ1n) is 11.6. The Bertz CT molecular complexity index is 1400. The number of aliphatic hydroxyl groups excluding tert-OH is 1. The molecule has 1 N–H and O–H groups in total. The van der Waals surface area contributed by atoms with E-state index in [9.17, 15) is 19.5 Å². The van der Waals surface area contributed by atoms with Crippen LogP contribution in [0.5, 0.6) is 5.75 Å². The minimum absolute atomic E-state index is 0.0254. The molecule has 1 atom stereocenters. The molecule has 8 nitrogen and oxygen atoms in total. The third-order valence-corrected chi connectivity index (χ3v) is 7.19. The zero-order valence-corrected chi connectivity index (χ0v) is 23.1. The average Bonchev–Trinajstić information content (AvgIpc) is 3.36. The average molecular weight is 585 g/mol. The number of aliphatic hydroxyl groups is 1. The predicted octanol–water partition coefficient (Wildman–Crippen LogP) is 5.80. The van der Waals surface area contributed by atoms with Crippen LogP contribution in [-0.4, -0.2) is 40.5 Å². The highest BCUT2D eigenvalue weighted by Crippen LogP contribution is 2.44. The zero-order valence-electron chi connectivity index (χ0n) is 20.6. The molecule has 4 rings (SSSR count). The lowest BCUT2D eigenvalue weighted by atomic mass is 9.95. The number of carbonyl (C=O) groups excluding carboxylic acids is 3. The van der Waals surface area contributed by atoms with Gasteiger partial charge in [-0.25, -0.2) is 9.78 Å². The summed E-state index contributed by atoms with van der Waals surface area (Å²) in [7, 11) is 0. The second-order valence-electron chi connectivity index (χ2n) is 8.55. The van der Waals surface area contributed by atoms with Crippen molar-refractivity contribution in [3.05, 3.63) is 80.3 Å². The highest BCUT2D eigenvalue weighted by Gasteiger charge is 2.48. The van der Waals surface area contributed by atoms with Gasteiger partial charge >= 0.3 is 11.9 Å². The maximum Gasteiger partial charge on any atom is 0.350 e. The summed E-state index contributed by atoms with van der Waals surface area (Å²) in [6, 6.07) is 12.8. The van der Waals surface area contributed by atoms with Gasteiger partial charge in [0.2, 0.25) is 0 Å². The number of carbonyl (C=O) groups is 3. The minimum atomic E-state index is -0.968. The van der Waals surface area contributed by atoms with Gasteiger partial charge < -0.3 is 14.6 Å². The molecule has 1 aromatic heterocycles. The molecule has 0 radical (unpaired) electrons. The SMILES string of the molecule is CCOC(=O)c1sc(N2C(=O)C(=O)/C(=C(/O)c3ccc(OC(C)C)cc3)C2c2cccc(Br)c2)nc1C. The summed E-state index contributed by atoms with van der Waals surface area (Å²) in [5.74, 6) is -1.96. The number of thiazole rings is 1. The third-order valence-electron chi connectivity index (χ3n) is 5.56. The van der Waals surface area contributed by atoms with Gasteiger partial charge in [-0.15, -0.1) is 0 Å². The van der Waals surface area contributed by atoms with E-state index in [-0.39, 0.29) is 34.1 Å². The van der Waals surface area contributed by atoms with E-state index >= 15 is 0 Å². The normalized spacial score (nSPS) is 16.9. The lowest BCUT2D eigenvalue weighted by Crippen LogP contribution is -2.29. The predicted molar refractivity (Wildman–Crippen MR) is 144 cm³/mol. The van der Waals surface area contributed by atoms with E-state index in [4.69, 9.17) is 9.47 Å². The van der Waals surface area contributed by atoms with Crippen molar-refractivity contribution in [3.8, 4) is 5.75 Å². The Morgan fingerprint density at radius 1 is 1.19 bits per heavy atom. The highest BCUT2D eigenvalue weighted by atomic mass is 79.9. The molecule has 1 saturated heterocycles. The van der Waals surface area contributed by atoms with Crippen molar-refractivity contribution in [3.63, 3.8) is 0 Å². The number of aromatic nitrogens is 1. The van der Waals surface area contributed by atoms with E-state index in [1.54, 1.807) is 56.3 Å². The number of hydrogen-bond acceptors (Lipinski definition) is 8. The highest BCUT2D eigenvalue weighted by molar-refractivity contribution is 9.10. The number of Topliss-reactive ketones (excluding diaryl/α,β-unsaturated/α-hetero) is 1. The zero-order chi connectivity index (χ0) is 26.9. The minimum Gasteiger partial charge on any atom is -0.507 e. The van der Waals surface area contributed by atoms with Crippen LogP contribution in [0, 0.1) is 6.92 Å². The molecule has 0 spiro atoms. The molecular weight excluding hydrogens is 560 g/mol. The van der Waals surface area contributed by atoms with Crippen LogP contribution in [0.1, 0.15) is 53.3 Å². The molecule has 1 amide bonds. The first kappa shape index (κ1) is 26.6. The van der Waals surface area contributed by atoms with Crippen molar-refractivity contribution in [1.82, 2.24) is 4.98 Å². The summed E-state index contributed by atoms with van der Waals surface area (Å²) < 4.78 is 11.5. The largest absolute Gasteiger partial charge is 0.507 e. The number of ketones is 1. The Hall–Kier alpha value is -3.50. The van der Waals surface area contributed by atoms with E-state index in [0.29, 0.717) is 22.6 Å². The van der Waals surface area contributed by atoms with E-state index in [1.165, 1.54) is 4.90 Å². The van der Waals surface area contributed by atoms with Gasteiger partial charge in [0, 0.05) is 10.0 Å². The van der Waals surface area contributed by atoms with Gasteiger partial charge in [0.1, 0.15) is 16.4 Å². The van der Waals surface area contributed by atoms with Gasteiger partial charge in [-0.1, -0.05) is 39.4 Å². The molecule has 3 aromatic rings. The van der Waals surface area contributed by atoms with Crippen molar-refractivity contribution >= 4 is 55.8 Å². The molecule has 1 unspecified atom stereocenters. The molecule has 2 aromatic carbocycles. The standard InChI is InChI=1S/C27H25BrN2O6S/c1-5-35-26(34)24-15(4)29-27(37-24)30-21(17-7-6-8-18(28)13-17)20(23(32)25(30)33)22(31)16-9-11-19(12-10-16)36-14(2)3/h6-14,21,31H,5H2,1-4H3/b22-20+. The van der Waals surface area contributed by atoms with Gasteiger partial charge in [0.05, 0.1) is 30.0 Å². The number of benzene rings is 2. The number of amides is 1. The fourth-order valence-electron chi connectivity index (χ4n) is 4.01. The topological polar surface area (TPSA) is 106 Å². The van der Waals surface area contributed by atoms with Gasteiger partial charge in [0.15, 0.2) is 5.13 Å². The summed E-state index contributed by atoms with van der Waals surface area (Å²) in [6.07, 6.45) is -0.0254. The molecular formula is C27H25BrN2O6S. The Morgan fingerprint density at radius 2 is 1.89 bits per heavy atom. The molecule has 0 aliphatic carbocycles. The second-order valence-corrected chi connectivity index (χ2v) is 10.4. The maximum absolute atomic E-state index is 13.4.